The Morgan fingerprint density at radius 1 is 1.25 bits per heavy atom. The Balaban J connectivity index is 1.92. The van der Waals surface area contributed by atoms with Gasteiger partial charge in [0.05, 0.1) is 5.69 Å². The zero-order valence-electron chi connectivity index (χ0n) is 10.9. The number of anilines is 1. The van der Waals surface area contributed by atoms with Crippen LogP contribution in [0.5, 0.6) is 0 Å². The zero-order chi connectivity index (χ0) is 14.1. The Morgan fingerprint density at radius 2 is 2.00 bits per heavy atom. The molecule has 0 saturated carbocycles. The summed E-state index contributed by atoms with van der Waals surface area (Å²) in [6, 6.07) is 8.82. The van der Waals surface area contributed by atoms with Gasteiger partial charge in [0.1, 0.15) is 5.82 Å². The van der Waals surface area contributed by atoms with Crippen LogP contribution in [0, 0.1) is 0 Å². The maximum Gasteiger partial charge on any atom is 0.274 e. The van der Waals surface area contributed by atoms with Crippen LogP contribution in [0.15, 0.2) is 30.3 Å². The number of nitrogens with zero attached hydrogens (tertiary/aromatic N) is 3. The van der Waals surface area contributed by atoms with Crippen molar-refractivity contribution in [1.82, 2.24) is 14.7 Å². The minimum atomic E-state index is -0.0602. The van der Waals surface area contributed by atoms with Crippen molar-refractivity contribution >= 4 is 23.3 Å². The molecule has 5 nitrogen and oxygen atoms in total. The lowest BCUT2D eigenvalue weighted by Gasteiger charge is -2.12. The number of carbonyl (C=O) groups excluding carboxylic acids is 1. The van der Waals surface area contributed by atoms with E-state index in [0.29, 0.717) is 16.5 Å². The summed E-state index contributed by atoms with van der Waals surface area (Å²) < 4.78 is 1.54. The number of hydrogen-bond acceptors (Lipinski definition) is 3. The van der Waals surface area contributed by atoms with E-state index in [2.05, 4.69) is 5.10 Å². The van der Waals surface area contributed by atoms with Gasteiger partial charge in [-0.3, -0.25) is 4.79 Å². The standard InChI is InChI=1S/C14H15ClN4O/c15-10-4-3-5-11(8-10)19-13(16)9-12(17-19)14(20)18-6-1-2-7-18/h3-5,8-9H,1-2,6-7,16H2. The van der Waals surface area contributed by atoms with Gasteiger partial charge in [-0.05, 0) is 31.0 Å². The lowest BCUT2D eigenvalue weighted by Crippen LogP contribution is -2.28. The fourth-order valence-corrected chi connectivity index (χ4v) is 2.58. The molecule has 2 aromatic rings. The van der Waals surface area contributed by atoms with Crippen LogP contribution in [0.25, 0.3) is 5.69 Å². The van der Waals surface area contributed by atoms with E-state index in [0.717, 1.165) is 31.6 Å². The number of carbonyl (C=O) groups is 1. The molecule has 1 aromatic carbocycles. The zero-order valence-corrected chi connectivity index (χ0v) is 11.7. The molecular formula is C14H15ClN4O. The van der Waals surface area contributed by atoms with Crippen LogP contribution in [-0.4, -0.2) is 33.7 Å². The fourth-order valence-electron chi connectivity index (χ4n) is 2.40. The lowest BCUT2D eigenvalue weighted by molar-refractivity contribution is 0.0786. The molecule has 0 radical (unpaired) electrons. The number of hydrogen-bond donors (Lipinski definition) is 1. The second-order valence-electron chi connectivity index (χ2n) is 4.85. The highest BCUT2D eigenvalue weighted by atomic mass is 35.5. The van der Waals surface area contributed by atoms with Crippen LogP contribution in [0.3, 0.4) is 0 Å². The average molecular weight is 291 g/mol. The van der Waals surface area contributed by atoms with Crippen molar-refractivity contribution in [2.75, 3.05) is 18.8 Å². The van der Waals surface area contributed by atoms with Gasteiger partial charge in [0.25, 0.3) is 5.91 Å². The molecule has 1 aromatic heterocycles. The molecule has 1 aliphatic rings. The maximum absolute atomic E-state index is 12.3. The molecule has 6 heteroatoms. The van der Waals surface area contributed by atoms with E-state index in [1.807, 2.05) is 17.0 Å². The number of aromatic nitrogens is 2. The largest absolute Gasteiger partial charge is 0.384 e. The monoisotopic (exact) mass is 290 g/mol. The van der Waals surface area contributed by atoms with Crippen LogP contribution in [0.1, 0.15) is 23.3 Å². The Hall–Kier alpha value is -2.01. The summed E-state index contributed by atoms with van der Waals surface area (Å²) in [5.74, 6) is 0.366. The van der Waals surface area contributed by atoms with Crippen molar-refractivity contribution in [3.8, 4) is 5.69 Å². The van der Waals surface area contributed by atoms with E-state index in [9.17, 15) is 4.79 Å². The third-order valence-corrected chi connectivity index (χ3v) is 3.64. The fraction of sp³-hybridized carbons (Fsp3) is 0.286. The second-order valence-corrected chi connectivity index (χ2v) is 5.28. The molecule has 0 atom stereocenters. The highest BCUT2D eigenvalue weighted by molar-refractivity contribution is 6.30. The number of amides is 1. The van der Waals surface area contributed by atoms with Gasteiger partial charge in [-0.15, -0.1) is 0 Å². The van der Waals surface area contributed by atoms with Crippen LogP contribution >= 0.6 is 11.6 Å². The molecule has 1 fully saturated rings. The van der Waals surface area contributed by atoms with E-state index in [1.165, 1.54) is 4.68 Å². The number of rotatable bonds is 2. The lowest BCUT2D eigenvalue weighted by atomic mass is 10.3. The van der Waals surface area contributed by atoms with E-state index < -0.39 is 0 Å². The molecule has 0 aliphatic carbocycles. The normalized spacial score (nSPS) is 14.8. The molecule has 0 spiro atoms. The van der Waals surface area contributed by atoms with Crippen molar-refractivity contribution in [3.63, 3.8) is 0 Å². The number of likely N-dealkylation sites (tertiary alicyclic amines) is 1. The van der Waals surface area contributed by atoms with E-state index in [4.69, 9.17) is 17.3 Å². The first-order chi connectivity index (χ1) is 9.65. The second kappa shape index (κ2) is 5.17. The summed E-state index contributed by atoms with van der Waals surface area (Å²) in [5, 5.41) is 4.91. The average Bonchev–Trinajstić information content (AvgIpc) is 3.07. The summed E-state index contributed by atoms with van der Waals surface area (Å²) >= 11 is 5.96. The number of benzene rings is 1. The van der Waals surface area contributed by atoms with E-state index in [1.54, 1.807) is 18.2 Å². The van der Waals surface area contributed by atoms with E-state index in [-0.39, 0.29) is 5.91 Å². The highest BCUT2D eigenvalue weighted by Crippen LogP contribution is 2.20. The predicted octanol–water partition coefficient (Wildman–Crippen LogP) is 2.34. The summed E-state index contributed by atoms with van der Waals surface area (Å²) in [7, 11) is 0. The molecule has 0 unspecified atom stereocenters. The van der Waals surface area contributed by atoms with Gasteiger partial charge in [-0.25, -0.2) is 4.68 Å². The van der Waals surface area contributed by atoms with E-state index >= 15 is 0 Å². The molecule has 20 heavy (non-hydrogen) atoms. The highest BCUT2D eigenvalue weighted by Gasteiger charge is 2.22. The van der Waals surface area contributed by atoms with Gasteiger partial charge < -0.3 is 10.6 Å². The summed E-state index contributed by atoms with van der Waals surface area (Å²) in [6.45, 7) is 1.59. The Morgan fingerprint density at radius 3 is 2.70 bits per heavy atom. The Labute approximate surface area is 121 Å². The van der Waals surface area contributed by atoms with Crippen molar-refractivity contribution in [3.05, 3.63) is 41.0 Å². The summed E-state index contributed by atoms with van der Waals surface area (Å²) in [5.41, 5.74) is 7.07. The van der Waals surface area contributed by atoms with Crippen LogP contribution in [-0.2, 0) is 0 Å². The maximum atomic E-state index is 12.3. The molecule has 0 bridgehead atoms. The smallest absolute Gasteiger partial charge is 0.274 e. The van der Waals surface area contributed by atoms with Crippen molar-refractivity contribution < 1.29 is 4.79 Å². The third kappa shape index (κ3) is 2.36. The number of nitrogens with two attached hydrogens (primary N) is 1. The topological polar surface area (TPSA) is 64.2 Å². The number of halogens is 1. The van der Waals surface area contributed by atoms with Crippen LogP contribution in [0.4, 0.5) is 5.82 Å². The summed E-state index contributed by atoms with van der Waals surface area (Å²) in [4.78, 5) is 14.1. The molecule has 1 amide bonds. The van der Waals surface area contributed by atoms with Gasteiger partial charge in [0.2, 0.25) is 0 Å². The molecule has 1 saturated heterocycles. The van der Waals surface area contributed by atoms with Crippen LogP contribution < -0.4 is 5.73 Å². The van der Waals surface area contributed by atoms with Crippen molar-refractivity contribution in [2.24, 2.45) is 0 Å². The predicted molar refractivity (Wildman–Crippen MR) is 78.1 cm³/mol. The molecule has 2 N–H and O–H groups in total. The minimum absolute atomic E-state index is 0.0602. The minimum Gasteiger partial charge on any atom is -0.384 e. The van der Waals surface area contributed by atoms with Gasteiger partial charge in [0, 0.05) is 24.2 Å². The van der Waals surface area contributed by atoms with Gasteiger partial charge >= 0.3 is 0 Å². The SMILES string of the molecule is Nc1cc(C(=O)N2CCCC2)nn1-c1cccc(Cl)c1. The number of nitrogen functional groups attached to an aromatic ring is 1. The molecule has 104 valence electrons. The van der Waals surface area contributed by atoms with Crippen molar-refractivity contribution in [1.29, 1.82) is 0 Å². The van der Waals surface area contributed by atoms with Gasteiger partial charge in [0.15, 0.2) is 5.69 Å². The Bertz CT molecular complexity index is 646. The molecule has 2 heterocycles. The Kier molecular flexibility index (Phi) is 3.36. The third-order valence-electron chi connectivity index (χ3n) is 3.40. The van der Waals surface area contributed by atoms with Gasteiger partial charge in [-0.1, -0.05) is 17.7 Å². The first-order valence-corrected chi connectivity index (χ1v) is 6.94. The van der Waals surface area contributed by atoms with Crippen molar-refractivity contribution in [2.45, 2.75) is 12.8 Å². The molecule has 3 rings (SSSR count). The molecular weight excluding hydrogens is 276 g/mol. The first kappa shape index (κ1) is 13.0. The quantitative estimate of drug-likeness (QED) is 0.923. The molecule has 1 aliphatic heterocycles. The van der Waals surface area contributed by atoms with Crippen LogP contribution in [0.2, 0.25) is 5.02 Å². The van der Waals surface area contributed by atoms with Gasteiger partial charge in [-0.2, -0.15) is 5.10 Å². The summed E-state index contributed by atoms with van der Waals surface area (Å²) in [6.07, 6.45) is 2.10. The first-order valence-electron chi connectivity index (χ1n) is 6.56.